The molecule has 0 heterocycles. The summed E-state index contributed by atoms with van der Waals surface area (Å²) in [7, 11) is 0. The SMILES string of the molecule is CC1CC1CNC(=O)C1(C(N)=S)CC1. The van der Waals surface area contributed by atoms with Crippen molar-refractivity contribution in [3.05, 3.63) is 0 Å². The van der Waals surface area contributed by atoms with E-state index in [1.165, 1.54) is 6.42 Å². The monoisotopic (exact) mass is 212 g/mol. The average molecular weight is 212 g/mol. The van der Waals surface area contributed by atoms with Gasteiger partial charge in [-0.3, -0.25) is 4.79 Å². The summed E-state index contributed by atoms with van der Waals surface area (Å²) >= 11 is 4.91. The molecule has 2 aliphatic rings. The van der Waals surface area contributed by atoms with Crippen molar-refractivity contribution >= 4 is 23.1 Å². The van der Waals surface area contributed by atoms with Gasteiger partial charge in [-0.05, 0) is 31.1 Å². The van der Waals surface area contributed by atoms with Crippen molar-refractivity contribution in [2.45, 2.75) is 26.2 Å². The molecule has 2 saturated carbocycles. The van der Waals surface area contributed by atoms with Gasteiger partial charge in [0.25, 0.3) is 0 Å². The summed E-state index contributed by atoms with van der Waals surface area (Å²) in [6.07, 6.45) is 2.89. The quantitative estimate of drug-likeness (QED) is 0.679. The second kappa shape index (κ2) is 3.19. The van der Waals surface area contributed by atoms with Crippen LogP contribution in [0, 0.1) is 17.3 Å². The predicted octanol–water partition coefficient (Wildman–Crippen LogP) is 0.825. The van der Waals surface area contributed by atoms with Gasteiger partial charge in [0, 0.05) is 6.54 Å². The number of amides is 1. The minimum absolute atomic E-state index is 0.0455. The Balaban J connectivity index is 1.81. The van der Waals surface area contributed by atoms with Crippen LogP contribution in [0.1, 0.15) is 26.2 Å². The van der Waals surface area contributed by atoms with Gasteiger partial charge >= 0.3 is 0 Å². The van der Waals surface area contributed by atoms with E-state index in [-0.39, 0.29) is 5.91 Å². The van der Waals surface area contributed by atoms with E-state index in [0.29, 0.717) is 10.9 Å². The summed E-state index contributed by atoms with van der Waals surface area (Å²) in [6.45, 7) is 3.00. The lowest BCUT2D eigenvalue weighted by atomic mass is 10.1. The van der Waals surface area contributed by atoms with Gasteiger partial charge in [-0.25, -0.2) is 0 Å². The number of rotatable bonds is 4. The number of hydrogen-bond acceptors (Lipinski definition) is 2. The second-order valence-electron chi connectivity index (χ2n) is 4.63. The largest absolute Gasteiger partial charge is 0.392 e. The fraction of sp³-hybridized carbons (Fsp3) is 0.800. The molecule has 2 rings (SSSR count). The van der Waals surface area contributed by atoms with Crippen molar-refractivity contribution in [3.8, 4) is 0 Å². The van der Waals surface area contributed by atoms with Crippen molar-refractivity contribution < 1.29 is 4.79 Å². The molecule has 0 spiro atoms. The van der Waals surface area contributed by atoms with Crippen molar-refractivity contribution in [1.82, 2.24) is 5.32 Å². The summed E-state index contributed by atoms with van der Waals surface area (Å²) in [5.74, 6) is 1.50. The van der Waals surface area contributed by atoms with Crippen molar-refractivity contribution in [3.63, 3.8) is 0 Å². The molecule has 1 amide bonds. The molecule has 2 fully saturated rings. The van der Waals surface area contributed by atoms with Crippen LogP contribution < -0.4 is 11.1 Å². The standard InChI is InChI=1S/C10H16N2OS/c1-6-4-7(6)5-12-9(13)10(2-3-10)8(11)14/h6-7H,2-5H2,1H3,(H2,11,14)(H,12,13). The Kier molecular flexibility index (Phi) is 2.26. The molecule has 0 aromatic carbocycles. The topological polar surface area (TPSA) is 55.1 Å². The molecule has 2 atom stereocenters. The minimum Gasteiger partial charge on any atom is -0.392 e. The lowest BCUT2D eigenvalue weighted by Gasteiger charge is -2.13. The van der Waals surface area contributed by atoms with E-state index in [2.05, 4.69) is 12.2 Å². The summed E-state index contributed by atoms with van der Waals surface area (Å²) in [4.78, 5) is 12.1. The molecule has 0 aliphatic heterocycles. The molecule has 0 aromatic rings. The van der Waals surface area contributed by atoms with Crippen LogP contribution in [0.25, 0.3) is 0 Å². The van der Waals surface area contributed by atoms with E-state index in [1.54, 1.807) is 0 Å². The Morgan fingerprint density at radius 3 is 2.57 bits per heavy atom. The lowest BCUT2D eigenvalue weighted by Crippen LogP contribution is -2.40. The Morgan fingerprint density at radius 2 is 2.21 bits per heavy atom. The highest BCUT2D eigenvalue weighted by Crippen LogP contribution is 2.46. The van der Waals surface area contributed by atoms with E-state index in [9.17, 15) is 4.79 Å². The van der Waals surface area contributed by atoms with E-state index in [0.717, 1.165) is 25.3 Å². The van der Waals surface area contributed by atoms with Gasteiger partial charge in [-0.15, -0.1) is 0 Å². The van der Waals surface area contributed by atoms with Crippen LogP contribution in [0.15, 0.2) is 0 Å². The van der Waals surface area contributed by atoms with E-state index in [4.69, 9.17) is 18.0 Å². The maximum absolute atomic E-state index is 11.7. The van der Waals surface area contributed by atoms with Crippen LogP contribution in [-0.2, 0) is 4.79 Å². The van der Waals surface area contributed by atoms with Gasteiger partial charge in [0.2, 0.25) is 5.91 Å². The summed E-state index contributed by atoms with van der Waals surface area (Å²) in [5.41, 5.74) is 5.07. The van der Waals surface area contributed by atoms with Gasteiger partial charge in [0.15, 0.2) is 0 Å². The number of nitrogens with one attached hydrogen (secondary N) is 1. The molecule has 0 aromatic heterocycles. The highest BCUT2D eigenvalue weighted by atomic mass is 32.1. The van der Waals surface area contributed by atoms with E-state index in [1.807, 2.05) is 0 Å². The molecule has 2 unspecified atom stereocenters. The third kappa shape index (κ3) is 1.63. The number of carbonyl (C=O) groups is 1. The smallest absolute Gasteiger partial charge is 0.233 e. The van der Waals surface area contributed by atoms with Crippen molar-refractivity contribution in [1.29, 1.82) is 0 Å². The fourth-order valence-corrected chi connectivity index (χ4v) is 2.08. The van der Waals surface area contributed by atoms with Crippen LogP contribution in [0.4, 0.5) is 0 Å². The van der Waals surface area contributed by atoms with Crippen LogP contribution in [0.2, 0.25) is 0 Å². The van der Waals surface area contributed by atoms with Crippen LogP contribution in [0.5, 0.6) is 0 Å². The Hall–Kier alpha value is -0.640. The molecule has 0 bridgehead atoms. The predicted molar refractivity (Wildman–Crippen MR) is 58.7 cm³/mol. The Bertz CT molecular complexity index is 286. The van der Waals surface area contributed by atoms with Crippen molar-refractivity contribution in [2.24, 2.45) is 23.0 Å². The maximum atomic E-state index is 11.7. The molecular formula is C10H16N2OS. The zero-order chi connectivity index (χ0) is 10.3. The fourth-order valence-electron chi connectivity index (χ4n) is 1.79. The first-order chi connectivity index (χ1) is 6.56. The van der Waals surface area contributed by atoms with Gasteiger partial charge < -0.3 is 11.1 Å². The van der Waals surface area contributed by atoms with E-state index < -0.39 is 5.41 Å². The third-order valence-electron chi connectivity index (χ3n) is 3.46. The number of carbonyl (C=O) groups excluding carboxylic acids is 1. The van der Waals surface area contributed by atoms with Crippen LogP contribution in [0.3, 0.4) is 0 Å². The zero-order valence-corrected chi connectivity index (χ0v) is 9.19. The summed E-state index contributed by atoms with van der Waals surface area (Å²) < 4.78 is 0. The number of thiocarbonyl (C=S) groups is 1. The Morgan fingerprint density at radius 1 is 1.64 bits per heavy atom. The summed E-state index contributed by atoms with van der Waals surface area (Å²) in [6, 6.07) is 0. The Labute approximate surface area is 89.4 Å². The molecule has 2 aliphatic carbocycles. The van der Waals surface area contributed by atoms with Crippen LogP contribution in [-0.4, -0.2) is 17.4 Å². The van der Waals surface area contributed by atoms with Gasteiger partial charge in [0.05, 0.1) is 10.4 Å². The molecule has 78 valence electrons. The molecular weight excluding hydrogens is 196 g/mol. The zero-order valence-electron chi connectivity index (χ0n) is 8.38. The highest BCUT2D eigenvalue weighted by Gasteiger charge is 2.52. The third-order valence-corrected chi connectivity index (χ3v) is 3.85. The highest BCUT2D eigenvalue weighted by molar-refractivity contribution is 7.80. The first kappa shape index (κ1) is 9.90. The van der Waals surface area contributed by atoms with E-state index >= 15 is 0 Å². The number of hydrogen-bond donors (Lipinski definition) is 2. The normalized spacial score (nSPS) is 32.1. The minimum atomic E-state index is -0.479. The van der Waals surface area contributed by atoms with Crippen LogP contribution >= 0.6 is 12.2 Å². The van der Waals surface area contributed by atoms with Crippen molar-refractivity contribution in [2.75, 3.05) is 6.54 Å². The second-order valence-corrected chi connectivity index (χ2v) is 5.07. The molecule has 3 N–H and O–H groups in total. The summed E-state index contributed by atoms with van der Waals surface area (Å²) in [5, 5.41) is 2.95. The first-order valence-corrected chi connectivity index (χ1v) is 5.55. The molecule has 0 radical (unpaired) electrons. The molecule has 14 heavy (non-hydrogen) atoms. The number of nitrogens with two attached hydrogens (primary N) is 1. The van der Waals surface area contributed by atoms with Gasteiger partial charge in [-0.2, -0.15) is 0 Å². The van der Waals surface area contributed by atoms with Gasteiger partial charge in [0.1, 0.15) is 0 Å². The lowest BCUT2D eigenvalue weighted by molar-refractivity contribution is -0.124. The molecule has 3 nitrogen and oxygen atoms in total. The first-order valence-electron chi connectivity index (χ1n) is 5.14. The maximum Gasteiger partial charge on any atom is 0.233 e. The van der Waals surface area contributed by atoms with Gasteiger partial charge in [-0.1, -0.05) is 19.1 Å². The molecule has 0 saturated heterocycles. The molecule has 4 heteroatoms. The average Bonchev–Trinajstić information content (AvgIpc) is 2.96.